The second kappa shape index (κ2) is 5.78. The van der Waals surface area contributed by atoms with Gasteiger partial charge in [-0.3, -0.25) is 0 Å². The maximum atomic E-state index is 12.2. The Bertz CT molecular complexity index is 477. The molecule has 0 fully saturated rings. The largest absolute Gasteiger partial charge is 0.486 e. The first-order chi connectivity index (χ1) is 9.35. The molecule has 0 spiro atoms. The zero-order valence-corrected chi connectivity index (χ0v) is 11.2. The van der Waals surface area contributed by atoms with E-state index in [-0.39, 0.29) is 6.54 Å². The monoisotopic (exact) mass is 290 g/mol. The number of nitrogens with two attached hydrogens (primary N) is 1. The Kier molecular flexibility index (Phi) is 4.27. The van der Waals surface area contributed by atoms with Gasteiger partial charge in [-0.1, -0.05) is 0 Å². The van der Waals surface area contributed by atoms with Crippen molar-refractivity contribution in [1.82, 2.24) is 4.90 Å². The molecule has 0 saturated carbocycles. The van der Waals surface area contributed by atoms with Gasteiger partial charge in [-0.25, -0.2) is 0 Å². The normalized spacial score (nSPS) is 14.7. The molecular weight excluding hydrogens is 273 g/mol. The van der Waals surface area contributed by atoms with Crippen LogP contribution in [0, 0.1) is 0 Å². The number of nitrogens with zero attached hydrogens (tertiary/aromatic N) is 1. The summed E-state index contributed by atoms with van der Waals surface area (Å²) in [5, 5.41) is 0. The van der Waals surface area contributed by atoms with E-state index in [2.05, 4.69) is 0 Å². The fourth-order valence-corrected chi connectivity index (χ4v) is 1.97. The highest BCUT2D eigenvalue weighted by Gasteiger charge is 2.27. The Morgan fingerprint density at radius 1 is 1.20 bits per heavy atom. The molecule has 1 aromatic rings. The Labute approximate surface area is 115 Å². The van der Waals surface area contributed by atoms with Crippen LogP contribution in [0.1, 0.15) is 12.0 Å². The number of rotatable bonds is 4. The summed E-state index contributed by atoms with van der Waals surface area (Å²) in [6, 6.07) is 3.38. The predicted octanol–water partition coefficient (Wildman–Crippen LogP) is 2.42. The van der Waals surface area contributed by atoms with E-state index in [4.69, 9.17) is 15.2 Å². The van der Waals surface area contributed by atoms with Crippen LogP contribution in [-0.4, -0.2) is 37.9 Å². The third kappa shape index (κ3) is 3.93. The Balaban J connectivity index is 2.02. The van der Waals surface area contributed by atoms with E-state index in [1.54, 1.807) is 24.1 Å². The zero-order valence-electron chi connectivity index (χ0n) is 11.2. The minimum atomic E-state index is -4.15. The highest BCUT2D eigenvalue weighted by atomic mass is 19.4. The van der Waals surface area contributed by atoms with Gasteiger partial charge in [0, 0.05) is 24.8 Å². The topological polar surface area (TPSA) is 47.7 Å². The lowest BCUT2D eigenvalue weighted by Crippen LogP contribution is -2.24. The van der Waals surface area contributed by atoms with E-state index in [1.165, 1.54) is 0 Å². The van der Waals surface area contributed by atoms with Crippen LogP contribution in [0.3, 0.4) is 0 Å². The van der Waals surface area contributed by atoms with Gasteiger partial charge < -0.3 is 20.1 Å². The molecule has 0 bridgehead atoms. The fourth-order valence-electron chi connectivity index (χ4n) is 1.97. The van der Waals surface area contributed by atoms with Gasteiger partial charge in [-0.05, 0) is 18.7 Å². The highest BCUT2D eigenvalue weighted by molar-refractivity contribution is 5.58. The maximum absolute atomic E-state index is 12.2. The summed E-state index contributed by atoms with van der Waals surface area (Å²) in [6.07, 6.45) is -4.99. The van der Waals surface area contributed by atoms with Gasteiger partial charge in [0.1, 0.15) is 13.2 Å². The number of hydrogen-bond donors (Lipinski definition) is 1. The van der Waals surface area contributed by atoms with E-state index < -0.39 is 12.6 Å². The molecule has 7 heteroatoms. The number of benzene rings is 1. The fraction of sp³-hybridized carbons (Fsp3) is 0.538. The second-order valence-electron chi connectivity index (χ2n) is 4.80. The van der Waals surface area contributed by atoms with Crippen molar-refractivity contribution < 1.29 is 22.6 Å². The van der Waals surface area contributed by atoms with Crippen LogP contribution in [0.2, 0.25) is 0 Å². The summed E-state index contributed by atoms with van der Waals surface area (Å²) in [5.74, 6) is 1.17. The predicted molar refractivity (Wildman–Crippen MR) is 68.9 cm³/mol. The zero-order chi connectivity index (χ0) is 14.8. The van der Waals surface area contributed by atoms with Crippen molar-refractivity contribution in [2.24, 2.45) is 0 Å². The van der Waals surface area contributed by atoms with Crippen molar-refractivity contribution in [3.05, 3.63) is 17.7 Å². The molecule has 0 atom stereocenters. The molecule has 0 unspecified atom stereocenters. The molecular formula is C13H17F3N2O2. The summed E-state index contributed by atoms with van der Waals surface area (Å²) in [7, 11) is 1.63. The summed E-state index contributed by atoms with van der Waals surface area (Å²) in [5.41, 5.74) is 7.12. The molecule has 4 nitrogen and oxygen atoms in total. The molecule has 112 valence electrons. The van der Waals surface area contributed by atoms with E-state index in [1.807, 2.05) is 0 Å². The number of fused-ring (bicyclic) bond motifs is 1. The Morgan fingerprint density at radius 3 is 2.40 bits per heavy atom. The molecule has 1 aromatic carbocycles. The minimum Gasteiger partial charge on any atom is -0.486 e. The molecule has 2 rings (SSSR count). The number of anilines is 1. The molecule has 0 amide bonds. The van der Waals surface area contributed by atoms with Crippen molar-refractivity contribution >= 4 is 5.69 Å². The molecule has 2 N–H and O–H groups in total. The summed E-state index contributed by atoms with van der Waals surface area (Å²) >= 11 is 0. The van der Waals surface area contributed by atoms with E-state index in [0.717, 1.165) is 5.56 Å². The lowest BCUT2D eigenvalue weighted by Gasteiger charge is -2.22. The van der Waals surface area contributed by atoms with E-state index in [9.17, 15) is 13.2 Å². The maximum Gasteiger partial charge on any atom is 0.390 e. The van der Waals surface area contributed by atoms with Crippen molar-refractivity contribution in [2.75, 3.05) is 32.5 Å². The van der Waals surface area contributed by atoms with Gasteiger partial charge in [0.2, 0.25) is 0 Å². The van der Waals surface area contributed by atoms with Gasteiger partial charge >= 0.3 is 6.18 Å². The minimum absolute atomic E-state index is 0.0720. The third-order valence-electron chi connectivity index (χ3n) is 3.02. The van der Waals surface area contributed by atoms with Crippen LogP contribution in [-0.2, 0) is 6.54 Å². The molecule has 1 aliphatic heterocycles. The van der Waals surface area contributed by atoms with Crippen LogP contribution in [0.25, 0.3) is 0 Å². The molecule has 1 aliphatic rings. The first kappa shape index (κ1) is 14.8. The van der Waals surface area contributed by atoms with Crippen molar-refractivity contribution in [2.45, 2.75) is 19.1 Å². The average Bonchev–Trinajstić information content (AvgIpc) is 2.36. The number of halogens is 3. The number of hydrogen-bond acceptors (Lipinski definition) is 4. The SMILES string of the molecule is CN(CCC(F)(F)F)Cc1cc2c(cc1N)OCCO2. The van der Waals surface area contributed by atoms with Gasteiger partial charge in [0.05, 0.1) is 6.42 Å². The number of nitrogen functional groups attached to an aromatic ring is 1. The Morgan fingerprint density at radius 2 is 1.80 bits per heavy atom. The van der Waals surface area contributed by atoms with Crippen molar-refractivity contribution in [3.63, 3.8) is 0 Å². The van der Waals surface area contributed by atoms with Crippen molar-refractivity contribution in [1.29, 1.82) is 0 Å². The first-order valence-corrected chi connectivity index (χ1v) is 6.28. The van der Waals surface area contributed by atoms with E-state index >= 15 is 0 Å². The molecule has 1 heterocycles. The average molecular weight is 290 g/mol. The van der Waals surface area contributed by atoms with Crippen LogP contribution in [0.5, 0.6) is 11.5 Å². The molecule has 20 heavy (non-hydrogen) atoms. The summed E-state index contributed by atoms with van der Waals surface area (Å²) in [6.45, 7) is 1.19. The molecule has 0 saturated heterocycles. The summed E-state index contributed by atoms with van der Waals surface area (Å²) < 4.78 is 47.3. The molecule has 0 aliphatic carbocycles. The lowest BCUT2D eigenvalue weighted by molar-refractivity contribution is -0.137. The van der Waals surface area contributed by atoms with Crippen LogP contribution in [0.4, 0.5) is 18.9 Å². The number of alkyl halides is 3. The lowest BCUT2D eigenvalue weighted by atomic mass is 10.1. The van der Waals surface area contributed by atoms with E-state index in [0.29, 0.717) is 36.9 Å². The van der Waals surface area contributed by atoms with Gasteiger partial charge in [0.25, 0.3) is 0 Å². The van der Waals surface area contributed by atoms with Crippen LogP contribution < -0.4 is 15.2 Å². The smallest absolute Gasteiger partial charge is 0.390 e. The van der Waals surface area contributed by atoms with Crippen LogP contribution in [0.15, 0.2) is 12.1 Å². The highest BCUT2D eigenvalue weighted by Crippen LogP contribution is 2.34. The molecule has 0 aromatic heterocycles. The Hall–Kier alpha value is -1.63. The van der Waals surface area contributed by atoms with Gasteiger partial charge in [-0.15, -0.1) is 0 Å². The third-order valence-corrected chi connectivity index (χ3v) is 3.02. The first-order valence-electron chi connectivity index (χ1n) is 6.28. The molecule has 0 radical (unpaired) electrons. The second-order valence-corrected chi connectivity index (χ2v) is 4.80. The number of ether oxygens (including phenoxy) is 2. The van der Waals surface area contributed by atoms with Crippen molar-refractivity contribution in [3.8, 4) is 11.5 Å². The van der Waals surface area contributed by atoms with Gasteiger partial charge in [-0.2, -0.15) is 13.2 Å². The summed E-state index contributed by atoms with van der Waals surface area (Å²) in [4.78, 5) is 1.58. The standard InChI is InChI=1S/C13H17F3N2O2/c1-18(3-2-13(14,15)16)8-9-6-11-12(7-10(9)17)20-5-4-19-11/h6-7H,2-5,8,17H2,1H3. The van der Waals surface area contributed by atoms with Crippen LogP contribution >= 0.6 is 0 Å². The van der Waals surface area contributed by atoms with Gasteiger partial charge in [0.15, 0.2) is 11.5 Å². The quantitative estimate of drug-likeness (QED) is 0.865.